The summed E-state index contributed by atoms with van der Waals surface area (Å²) in [4.78, 5) is 26.1. The van der Waals surface area contributed by atoms with Gasteiger partial charge < -0.3 is 20.3 Å². The smallest absolute Gasteiger partial charge is 0.306 e. The number of allylic oxidation sites excluding steroid dienone is 8. The molecule has 0 spiro atoms. The molecule has 0 aliphatic rings. The summed E-state index contributed by atoms with van der Waals surface area (Å²) in [7, 11) is 0. The van der Waals surface area contributed by atoms with E-state index in [-0.39, 0.29) is 24.9 Å². The minimum atomic E-state index is -0.792. The van der Waals surface area contributed by atoms with E-state index in [1.807, 2.05) is 0 Å². The van der Waals surface area contributed by atoms with Crippen LogP contribution in [0.15, 0.2) is 48.6 Å². The van der Waals surface area contributed by atoms with E-state index in [4.69, 9.17) is 4.74 Å². The minimum absolute atomic E-state index is 0.0666. The number of carbonyl (C=O) groups excluding carboxylic acids is 2. The molecule has 0 rings (SSSR count). The van der Waals surface area contributed by atoms with E-state index in [1.54, 1.807) is 0 Å². The molecule has 0 fully saturated rings. The van der Waals surface area contributed by atoms with Crippen LogP contribution in [0.1, 0.15) is 278 Å². The number of unbranched alkanes of at least 4 members (excludes halogenated alkanes) is 29. The summed E-state index contributed by atoms with van der Waals surface area (Å²) in [6, 6.07) is -0.706. The Morgan fingerprint density at radius 2 is 0.810 bits per heavy atom. The third kappa shape index (κ3) is 46.2. The molecule has 0 aromatic carbocycles. The molecular weight excluding hydrogens is 779 g/mol. The normalized spacial score (nSPS) is 13.5. The number of amides is 1. The zero-order valence-corrected chi connectivity index (χ0v) is 42.0. The van der Waals surface area contributed by atoms with Gasteiger partial charge in [0.1, 0.15) is 6.10 Å². The molecule has 0 aliphatic heterocycles. The fraction of sp³-hybridized carbons (Fsp3) is 0.825. The van der Waals surface area contributed by atoms with Crippen LogP contribution in [0.2, 0.25) is 0 Å². The molecule has 0 radical (unpaired) electrons. The number of nitrogens with one attached hydrogen (secondary N) is 1. The van der Waals surface area contributed by atoms with Crippen molar-refractivity contribution in [2.24, 2.45) is 0 Å². The average Bonchev–Trinajstić information content (AvgIpc) is 3.28. The van der Waals surface area contributed by atoms with Gasteiger partial charge in [-0.05, 0) is 70.6 Å². The van der Waals surface area contributed by atoms with Gasteiger partial charge in [0.25, 0.3) is 0 Å². The summed E-state index contributed by atoms with van der Waals surface area (Å²) >= 11 is 0. The quantitative estimate of drug-likeness (QED) is 0.0321. The van der Waals surface area contributed by atoms with Gasteiger partial charge in [0.15, 0.2) is 0 Å². The van der Waals surface area contributed by atoms with E-state index < -0.39 is 18.2 Å². The topological polar surface area (TPSA) is 95.9 Å². The first-order valence-corrected chi connectivity index (χ1v) is 27.4. The van der Waals surface area contributed by atoms with Crippen molar-refractivity contribution in [2.45, 2.75) is 296 Å². The van der Waals surface area contributed by atoms with Crippen LogP contribution in [-0.4, -0.2) is 46.9 Å². The molecule has 3 atom stereocenters. The first-order chi connectivity index (χ1) is 31.0. The lowest BCUT2D eigenvalue weighted by atomic mass is 10.0. The van der Waals surface area contributed by atoms with Gasteiger partial charge in [-0.1, -0.05) is 243 Å². The summed E-state index contributed by atoms with van der Waals surface area (Å²) < 4.78 is 5.92. The van der Waals surface area contributed by atoms with Crippen LogP contribution in [0.3, 0.4) is 0 Å². The van der Waals surface area contributed by atoms with Crippen LogP contribution in [0.4, 0.5) is 0 Å². The number of aliphatic hydroxyl groups is 2. The Bertz CT molecular complexity index is 1080. The Labute approximate surface area is 391 Å². The lowest BCUT2D eigenvalue weighted by molar-refractivity contribution is -0.151. The summed E-state index contributed by atoms with van der Waals surface area (Å²) in [5.74, 6) is -0.503. The third-order valence-electron chi connectivity index (χ3n) is 12.4. The largest absolute Gasteiger partial charge is 0.462 e. The molecule has 0 aliphatic carbocycles. The first-order valence-electron chi connectivity index (χ1n) is 27.4. The molecule has 0 aromatic heterocycles. The Balaban J connectivity index is 4.46. The van der Waals surface area contributed by atoms with Crippen LogP contribution in [0.25, 0.3) is 0 Å². The second kappa shape index (κ2) is 50.8. The second-order valence-corrected chi connectivity index (χ2v) is 18.6. The Kier molecular flexibility index (Phi) is 49.1. The standard InChI is InChI=1S/C57H105NO5/c1-4-7-10-13-16-19-21-23-25-27-28-29-31-33-35-38-41-44-47-50-57(62)63-53(48-45-42-39-36-18-15-12-9-6-3)51-56(61)58-54(52-59)55(60)49-46-43-40-37-34-32-30-26-24-22-20-17-14-11-8-5-2/h16,19,23,25,28-29,33,35,53-55,59-60H,4-15,17-18,20-22,24,26-27,30-32,34,36-52H2,1-3H3,(H,58,61)/b19-16-,25-23-,29-28-,35-33-. The van der Waals surface area contributed by atoms with Gasteiger partial charge in [0.2, 0.25) is 5.91 Å². The zero-order valence-electron chi connectivity index (χ0n) is 42.0. The molecule has 0 bridgehead atoms. The average molecular weight is 884 g/mol. The van der Waals surface area contributed by atoms with Gasteiger partial charge >= 0.3 is 5.97 Å². The fourth-order valence-corrected chi connectivity index (χ4v) is 8.24. The molecule has 0 heterocycles. The number of rotatable bonds is 49. The lowest BCUT2D eigenvalue weighted by Gasteiger charge is -2.24. The summed E-state index contributed by atoms with van der Waals surface area (Å²) in [6.45, 7) is 6.45. The molecule has 0 saturated heterocycles. The van der Waals surface area contributed by atoms with E-state index in [1.165, 1.54) is 148 Å². The van der Waals surface area contributed by atoms with Crippen molar-refractivity contribution in [1.29, 1.82) is 0 Å². The molecule has 63 heavy (non-hydrogen) atoms. The molecule has 0 aromatic rings. The molecular formula is C57H105NO5. The lowest BCUT2D eigenvalue weighted by Crippen LogP contribution is -2.46. The number of hydrogen-bond acceptors (Lipinski definition) is 5. The van der Waals surface area contributed by atoms with E-state index in [9.17, 15) is 19.8 Å². The zero-order chi connectivity index (χ0) is 45.9. The van der Waals surface area contributed by atoms with Crippen molar-refractivity contribution < 1.29 is 24.5 Å². The number of hydrogen-bond donors (Lipinski definition) is 3. The summed E-state index contributed by atoms with van der Waals surface area (Å²) in [5.41, 5.74) is 0. The molecule has 1 amide bonds. The molecule has 0 saturated carbocycles. The Hall–Kier alpha value is -2.18. The predicted molar refractivity (Wildman–Crippen MR) is 273 cm³/mol. The maximum atomic E-state index is 13.2. The highest BCUT2D eigenvalue weighted by Crippen LogP contribution is 2.18. The van der Waals surface area contributed by atoms with Gasteiger partial charge in [0.05, 0.1) is 25.2 Å². The molecule has 6 nitrogen and oxygen atoms in total. The molecule has 368 valence electrons. The van der Waals surface area contributed by atoms with Gasteiger partial charge in [-0.3, -0.25) is 9.59 Å². The van der Waals surface area contributed by atoms with E-state index in [0.717, 1.165) is 83.5 Å². The Morgan fingerprint density at radius 3 is 1.24 bits per heavy atom. The highest BCUT2D eigenvalue weighted by Gasteiger charge is 2.24. The number of ether oxygens (including phenoxy) is 1. The number of aliphatic hydroxyl groups excluding tert-OH is 2. The number of carbonyl (C=O) groups is 2. The number of esters is 1. The highest BCUT2D eigenvalue weighted by atomic mass is 16.5. The van der Waals surface area contributed by atoms with E-state index >= 15 is 0 Å². The van der Waals surface area contributed by atoms with E-state index in [2.05, 4.69) is 74.7 Å². The van der Waals surface area contributed by atoms with Crippen LogP contribution in [-0.2, 0) is 14.3 Å². The first kappa shape index (κ1) is 60.8. The summed E-state index contributed by atoms with van der Waals surface area (Å²) in [6.07, 6.45) is 61.8. The van der Waals surface area contributed by atoms with Crippen molar-refractivity contribution in [3.63, 3.8) is 0 Å². The second-order valence-electron chi connectivity index (χ2n) is 18.6. The van der Waals surface area contributed by atoms with Crippen LogP contribution >= 0.6 is 0 Å². The van der Waals surface area contributed by atoms with Crippen LogP contribution in [0.5, 0.6) is 0 Å². The molecule has 6 heteroatoms. The van der Waals surface area contributed by atoms with Gasteiger partial charge in [0, 0.05) is 6.42 Å². The van der Waals surface area contributed by atoms with Crippen LogP contribution in [0, 0.1) is 0 Å². The van der Waals surface area contributed by atoms with Crippen molar-refractivity contribution in [1.82, 2.24) is 5.32 Å². The SMILES string of the molecule is CCCCC/C=C\C/C=C\C/C=C\C/C=C\CCCCCC(=O)OC(CCCCCCCCCCC)CC(=O)NC(CO)C(O)CCCCCCCCCCCCCCCCCC. The minimum Gasteiger partial charge on any atom is -0.462 e. The molecule has 3 unspecified atom stereocenters. The Morgan fingerprint density at radius 1 is 0.460 bits per heavy atom. The van der Waals surface area contributed by atoms with Crippen molar-refractivity contribution in [3.05, 3.63) is 48.6 Å². The third-order valence-corrected chi connectivity index (χ3v) is 12.4. The molecule has 3 N–H and O–H groups in total. The highest BCUT2D eigenvalue weighted by molar-refractivity contribution is 5.77. The van der Waals surface area contributed by atoms with Crippen molar-refractivity contribution in [2.75, 3.05) is 6.61 Å². The fourth-order valence-electron chi connectivity index (χ4n) is 8.24. The van der Waals surface area contributed by atoms with Crippen LogP contribution < -0.4 is 5.32 Å². The maximum absolute atomic E-state index is 13.2. The van der Waals surface area contributed by atoms with Gasteiger partial charge in [-0.25, -0.2) is 0 Å². The predicted octanol–water partition coefficient (Wildman–Crippen LogP) is 16.6. The maximum Gasteiger partial charge on any atom is 0.306 e. The van der Waals surface area contributed by atoms with Gasteiger partial charge in [-0.15, -0.1) is 0 Å². The van der Waals surface area contributed by atoms with Crippen molar-refractivity contribution in [3.8, 4) is 0 Å². The monoisotopic (exact) mass is 884 g/mol. The van der Waals surface area contributed by atoms with E-state index in [0.29, 0.717) is 19.3 Å². The summed E-state index contributed by atoms with van der Waals surface area (Å²) in [5, 5.41) is 23.8. The van der Waals surface area contributed by atoms with Crippen molar-refractivity contribution >= 4 is 11.9 Å². The van der Waals surface area contributed by atoms with Gasteiger partial charge in [-0.2, -0.15) is 0 Å².